The van der Waals surface area contributed by atoms with Gasteiger partial charge in [-0.3, -0.25) is 0 Å². The van der Waals surface area contributed by atoms with Crippen molar-refractivity contribution in [2.24, 2.45) is 0 Å². The third kappa shape index (κ3) is 3.64. The number of ether oxygens (including phenoxy) is 2. The maximum absolute atomic E-state index is 11.2. The number of hydrogen-bond donors (Lipinski definition) is 0. The number of benzene rings is 1. The fourth-order valence-corrected chi connectivity index (χ4v) is 1.20. The molecule has 84 valence electrons. The van der Waals surface area contributed by atoms with Crippen LogP contribution in [0.25, 0.3) is 0 Å². The van der Waals surface area contributed by atoms with E-state index in [0.717, 1.165) is 5.56 Å². The van der Waals surface area contributed by atoms with Crippen molar-refractivity contribution in [3.8, 4) is 0 Å². The van der Waals surface area contributed by atoms with Crippen molar-refractivity contribution < 1.29 is 14.3 Å². The lowest BCUT2D eigenvalue weighted by atomic mass is 10.1. The highest BCUT2D eigenvalue weighted by atomic mass is 16.7. The molecule has 0 N–H and O–H groups in total. The maximum atomic E-state index is 11.2. The molecule has 3 nitrogen and oxygen atoms in total. The fourth-order valence-electron chi connectivity index (χ4n) is 1.20. The van der Waals surface area contributed by atoms with E-state index in [4.69, 9.17) is 9.47 Å². The van der Waals surface area contributed by atoms with Gasteiger partial charge in [-0.1, -0.05) is 36.9 Å². The van der Waals surface area contributed by atoms with E-state index in [1.54, 1.807) is 13.0 Å². The second-order valence-electron chi connectivity index (χ2n) is 3.00. The quantitative estimate of drug-likeness (QED) is 0.575. The zero-order chi connectivity index (χ0) is 11.8. The Morgan fingerprint density at radius 2 is 2.19 bits per heavy atom. The van der Waals surface area contributed by atoms with Gasteiger partial charge in [-0.15, -0.1) is 5.73 Å². The van der Waals surface area contributed by atoms with E-state index < -0.39 is 12.3 Å². The van der Waals surface area contributed by atoms with Crippen LogP contribution in [0.3, 0.4) is 0 Å². The number of carbonyl (C=O) groups excluding carboxylic acids is 1. The molecule has 0 fully saturated rings. The van der Waals surface area contributed by atoms with Gasteiger partial charge in [0.1, 0.15) is 0 Å². The van der Waals surface area contributed by atoms with Gasteiger partial charge in [0.15, 0.2) is 6.10 Å². The lowest BCUT2D eigenvalue weighted by molar-refractivity contribution is 0.0401. The summed E-state index contributed by atoms with van der Waals surface area (Å²) in [5.41, 5.74) is 3.46. The van der Waals surface area contributed by atoms with E-state index in [-0.39, 0.29) is 6.61 Å². The molecule has 1 rings (SSSR count). The second-order valence-corrected chi connectivity index (χ2v) is 3.00. The van der Waals surface area contributed by atoms with Crippen LogP contribution in [-0.4, -0.2) is 12.8 Å². The van der Waals surface area contributed by atoms with Crippen LogP contribution in [0.5, 0.6) is 0 Å². The molecule has 1 aromatic carbocycles. The number of hydrogen-bond acceptors (Lipinski definition) is 3. The summed E-state index contributed by atoms with van der Waals surface area (Å²) in [6.07, 6.45) is 0.382. The summed E-state index contributed by atoms with van der Waals surface area (Å²) in [4.78, 5) is 11.2. The summed E-state index contributed by atoms with van der Waals surface area (Å²) in [6.45, 7) is 5.48. The lowest BCUT2D eigenvalue weighted by Crippen LogP contribution is -2.11. The molecule has 0 saturated carbocycles. The van der Waals surface area contributed by atoms with Crippen molar-refractivity contribution in [1.82, 2.24) is 0 Å². The summed E-state index contributed by atoms with van der Waals surface area (Å²) < 4.78 is 9.81. The van der Waals surface area contributed by atoms with E-state index in [1.807, 2.05) is 30.3 Å². The molecular formula is C13H14O3. The topological polar surface area (TPSA) is 35.5 Å². The van der Waals surface area contributed by atoms with Gasteiger partial charge in [-0.25, -0.2) is 4.79 Å². The predicted octanol–water partition coefficient (Wildman–Crippen LogP) is 3.24. The van der Waals surface area contributed by atoms with Gasteiger partial charge < -0.3 is 9.47 Å². The van der Waals surface area contributed by atoms with Crippen LogP contribution in [0.2, 0.25) is 0 Å². The standard InChI is InChI=1S/C13H14O3/c1-3-8-12(16-13(14)15-4-2)11-9-6-5-7-10-11/h5-10,12H,1,4H2,2H3. The van der Waals surface area contributed by atoms with Crippen molar-refractivity contribution in [1.29, 1.82) is 0 Å². The Kier molecular flexibility index (Phi) is 4.90. The summed E-state index contributed by atoms with van der Waals surface area (Å²) in [5.74, 6) is 0. The molecule has 0 aromatic heterocycles. The smallest absolute Gasteiger partial charge is 0.435 e. The molecule has 1 unspecified atom stereocenters. The molecule has 1 atom stereocenters. The molecule has 1 aromatic rings. The minimum atomic E-state index is -0.692. The molecule has 0 bridgehead atoms. The molecule has 0 radical (unpaired) electrons. The monoisotopic (exact) mass is 218 g/mol. The SMILES string of the molecule is C=C=CC(OC(=O)OCC)c1ccccc1. The van der Waals surface area contributed by atoms with E-state index >= 15 is 0 Å². The average Bonchev–Trinajstić information content (AvgIpc) is 2.30. The molecular weight excluding hydrogens is 204 g/mol. The Morgan fingerprint density at radius 3 is 2.75 bits per heavy atom. The molecule has 0 heterocycles. The Hall–Kier alpha value is -1.99. The van der Waals surface area contributed by atoms with E-state index in [0.29, 0.717) is 0 Å². The molecule has 0 amide bonds. The van der Waals surface area contributed by atoms with E-state index in [9.17, 15) is 4.79 Å². The maximum Gasteiger partial charge on any atom is 0.509 e. The van der Waals surface area contributed by atoms with Crippen molar-refractivity contribution in [2.45, 2.75) is 13.0 Å². The zero-order valence-electron chi connectivity index (χ0n) is 9.18. The highest BCUT2D eigenvalue weighted by Gasteiger charge is 2.13. The molecule has 3 heteroatoms. The van der Waals surface area contributed by atoms with Gasteiger partial charge in [0.2, 0.25) is 0 Å². The minimum absolute atomic E-state index is 0.290. The average molecular weight is 218 g/mol. The molecule has 0 saturated heterocycles. The van der Waals surface area contributed by atoms with Crippen LogP contribution >= 0.6 is 0 Å². The van der Waals surface area contributed by atoms with Crippen LogP contribution in [0.15, 0.2) is 48.7 Å². The van der Waals surface area contributed by atoms with Gasteiger partial charge in [-0.2, -0.15) is 0 Å². The van der Waals surface area contributed by atoms with E-state index in [1.165, 1.54) is 0 Å². The Morgan fingerprint density at radius 1 is 1.50 bits per heavy atom. The first-order valence-corrected chi connectivity index (χ1v) is 5.02. The highest BCUT2D eigenvalue weighted by Crippen LogP contribution is 2.18. The van der Waals surface area contributed by atoms with Crippen molar-refractivity contribution in [2.75, 3.05) is 6.61 Å². The molecule has 0 spiro atoms. The largest absolute Gasteiger partial charge is 0.509 e. The van der Waals surface area contributed by atoms with Crippen LogP contribution in [0.4, 0.5) is 4.79 Å². The third-order valence-corrected chi connectivity index (χ3v) is 1.88. The number of rotatable bonds is 4. The van der Waals surface area contributed by atoms with Gasteiger partial charge in [0.05, 0.1) is 6.61 Å². The summed E-state index contributed by atoms with van der Waals surface area (Å²) in [6, 6.07) is 9.35. The third-order valence-electron chi connectivity index (χ3n) is 1.88. The number of carbonyl (C=O) groups is 1. The molecule has 16 heavy (non-hydrogen) atoms. The minimum Gasteiger partial charge on any atom is -0.435 e. The van der Waals surface area contributed by atoms with Crippen molar-refractivity contribution in [3.63, 3.8) is 0 Å². The molecule has 0 aliphatic rings. The van der Waals surface area contributed by atoms with E-state index in [2.05, 4.69) is 12.3 Å². The van der Waals surface area contributed by atoms with Crippen LogP contribution in [-0.2, 0) is 9.47 Å². The second kappa shape index (κ2) is 6.49. The fraction of sp³-hybridized carbons (Fsp3) is 0.231. The Balaban J connectivity index is 2.76. The first kappa shape index (κ1) is 12.1. The Labute approximate surface area is 95.0 Å². The summed E-state index contributed by atoms with van der Waals surface area (Å²) in [5, 5.41) is 0. The molecule has 0 aliphatic carbocycles. The lowest BCUT2D eigenvalue weighted by Gasteiger charge is -2.13. The van der Waals surface area contributed by atoms with Gasteiger partial charge in [-0.05, 0) is 12.5 Å². The Bertz CT molecular complexity index is 377. The normalized spacial score (nSPS) is 11.1. The van der Waals surface area contributed by atoms with Gasteiger partial charge in [0.25, 0.3) is 0 Å². The first-order chi connectivity index (χ1) is 7.77. The molecule has 0 aliphatic heterocycles. The van der Waals surface area contributed by atoms with Crippen LogP contribution in [0.1, 0.15) is 18.6 Å². The van der Waals surface area contributed by atoms with Crippen molar-refractivity contribution in [3.05, 3.63) is 54.3 Å². The van der Waals surface area contributed by atoms with Crippen LogP contribution < -0.4 is 0 Å². The summed E-state index contributed by atoms with van der Waals surface area (Å²) >= 11 is 0. The zero-order valence-corrected chi connectivity index (χ0v) is 9.18. The van der Waals surface area contributed by atoms with Crippen LogP contribution in [0, 0.1) is 0 Å². The summed E-state index contributed by atoms with van der Waals surface area (Å²) in [7, 11) is 0. The predicted molar refractivity (Wildman–Crippen MR) is 61.0 cm³/mol. The van der Waals surface area contributed by atoms with Gasteiger partial charge >= 0.3 is 6.16 Å². The van der Waals surface area contributed by atoms with Gasteiger partial charge in [0, 0.05) is 6.08 Å². The van der Waals surface area contributed by atoms with Crippen molar-refractivity contribution >= 4 is 6.16 Å². The first-order valence-electron chi connectivity index (χ1n) is 5.02. The highest BCUT2D eigenvalue weighted by molar-refractivity contribution is 5.60.